The predicted molar refractivity (Wildman–Crippen MR) is 88.3 cm³/mol. The molecule has 0 heterocycles. The molecule has 1 atom stereocenters. The summed E-state index contributed by atoms with van der Waals surface area (Å²) in [7, 11) is 0. The zero-order chi connectivity index (χ0) is 16.4. The molecule has 3 N–H and O–H groups in total. The Labute approximate surface area is 133 Å². The van der Waals surface area contributed by atoms with Crippen LogP contribution in [0.4, 0.5) is 0 Å². The van der Waals surface area contributed by atoms with Gasteiger partial charge in [-0.15, -0.1) is 0 Å². The maximum Gasteiger partial charge on any atom is 0.251 e. The van der Waals surface area contributed by atoms with Crippen LogP contribution in [0.25, 0.3) is 0 Å². The van der Waals surface area contributed by atoms with Crippen LogP contribution >= 0.6 is 0 Å². The lowest BCUT2D eigenvalue weighted by molar-refractivity contribution is 0.0952. The maximum absolute atomic E-state index is 11.8. The van der Waals surface area contributed by atoms with Crippen molar-refractivity contribution < 1.29 is 14.6 Å². The molecule has 22 heavy (non-hydrogen) atoms. The van der Waals surface area contributed by atoms with Gasteiger partial charge in [-0.25, -0.2) is 0 Å². The summed E-state index contributed by atoms with van der Waals surface area (Å²) in [6.07, 6.45) is 1.48. The molecule has 1 rings (SSSR count). The van der Waals surface area contributed by atoms with Gasteiger partial charge in [0, 0.05) is 24.7 Å². The van der Waals surface area contributed by atoms with Crippen molar-refractivity contribution in [3.63, 3.8) is 0 Å². The molecule has 1 aromatic rings. The van der Waals surface area contributed by atoms with E-state index in [1.54, 1.807) is 24.3 Å². The Morgan fingerprint density at radius 1 is 1.27 bits per heavy atom. The van der Waals surface area contributed by atoms with Crippen molar-refractivity contribution in [2.24, 2.45) is 0 Å². The van der Waals surface area contributed by atoms with E-state index in [-0.39, 0.29) is 12.5 Å². The minimum absolute atomic E-state index is 0.0684. The molecule has 0 spiro atoms. The summed E-state index contributed by atoms with van der Waals surface area (Å²) in [4.78, 5) is 11.8. The lowest BCUT2D eigenvalue weighted by Crippen LogP contribution is -2.35. The quantitative estimate of drug-likeness (QED) is 0.578. The molecular weight excluding hydrogens is 280 g/mol. The highest BCUT2D eigenvalue weighted by atomic mass is 16.5. The normalized spacial score (nSPS) is 12.2. The van der Waals surface area contributed by atoms with E-state index in [9.17, 15) is 9.90 Å². The van der Waals surface area contributed by atoms with E-state index in [0.717, 1.165) is 12.8 Å². The van der Waals surface area contributed by atoms with Crippen LogP contribution < -0.4 is 15.4 Å². The van der Waals surface area contributed by atoms with Gasteiger partial charge in [0.2, 0.25) is 0 Å². The predicted octanol–water partition coefficient (Wildman–Crippen LogP) is 1.95. The summed E-state index contributed by atoms with van der Waals surface area (Å²) in [5.41, 5.74) is 0.616. The van der Waals surface area contributed by atoms with Crippen LogP contribution in [-0.4, -0.2) is 42.9 Å². The second kappa shape index (κ2) is 10.2. The fourth-order valence-corrected chi connectivity index (χ4v) is 1.81. The molecule has 0 aliphatic carbocycles. The van der Waals surface area contributed by atoms with Crippen LogP contribution in [-0.2, 0) is 0 Å². The Morgan fingerprint density at radius 3 is 2.55 bits per heavy atom. The number of carbonyl (C=O) groups excluding carboxylic acids is 1. The highest BCUT2D eigenvalue weighted by molar-refractivity contribution is 5.94. The van der Waals surface area contributed by atoms with Gasteiger partial charge in [-0.1, -0.05) is 27.2 Å². The molecule has 5 nitrogen and oxygen atoms in total. The van der Waals surface area contributed by atoms with Gasteiger partial charge in [0.1, 0.15) is 18.5 Å². The van der Waals surface area contributed by atoms with Crippen LogP contribution in [0.2, 0.25) is 0 Å². The Morgan fingerprint density at radius 2 is 1.95 bits per heavy atom. The van der Waals surface area contributed by atoms with Crippen LogP contribution in [0.15, 0.2) is 24.3 Å². The first-order chi connectivity index (χ1) is 10.5. The van der Waals surface area contributed by atoms with Gasteiger partial charge >= 0.3 is 0 Å². The molecule has 0 radical (unpaired) electrons. The van der Waals surface area contributed by atoms with Crippen molar-refractivity contribution in [1.29, 1.82) is 0 Å². The number of ether oxygens (including phenoxy) is 1. The summed E-state index contributed by atoms with van der Waals surface area (Å²) in [5, 5.41) is 15.8. The number of rotatable bonds is 10. The van der Waals surface area contributed by atoms with E-state index in [2.05, 4.69) is 17.6 Å². The zero-order valence-electron chi connectivity index (χ0n) is 13.8. The molecule has 5 heteroatoms. The number of hydrogen-bond donors (Lipinski definition) is 3. The average molecular weight is 308 g/mol. The average Bonchev–Trinajstić information content (AvgIpc) is 2.51. The van der Waals surface area contributed by atoms with Crippen LogP contribution in [0.3, 0.4) is 0 Å². The number of nitrogens with one attached hydrogen (secondary N) is 2. The molecule has 0 aromatic heterocycles. The van der Waals surface area contributed by atoms with Crippen molar-refractivity contribution in [2.45, 2.75) is 45.8 Å². The molecular formula is C17H28N2O3. The Bertz CT molecular complexity index is 432. The topological polar surface area (TPSA) is 70.6 Å². The third-order valence-electron chi connectivity index (χ3n) is 3.14. The number of amides is 1. The number of unbranched alkanes of at least 4 members (excludes halogenated alkanes) is 1. The highest BCUT2D eigenvalue weighted by Gasteiger charge is 2.07. The molecule has 0 aliphatic rings. The highest BCUT2D eigenvalue weighted by Crippen LogP contribution is 2.12. The summed E-state index contributed by atoms with van der Waals surface area (Å²) >= 11 is 0. The number of benzene rings is 1. The number of hydrogen-bond acceptors (Lipinski definition) is 4. The Balaban J connectivity index is 2.36. The molecule has 1 aromatic carbocycles. The van der Waals surface area contributed by atoms with Crippen LogP contribution in [0.1, 0.15) is 44.0 Å². The van der Waals surface area contributed by atoms with E-state index in [1.165, 1.54) is 0 Å². The third-order valence-corrected chi connectivity index (χ3v) is 3.14. The summed E-state index contributed by atoms with van der Waals surface area (Å²) in [6.45, 7) is 7.55. The summed E-state index contributed by atoms with van der Waals surface area (Å²) in [6, 6.07) is 7.29. The fraction of sp³-hybridized carbons (Fsp3) is 0.588. The third kappa shape index (κ3) is 7.43. The van der Waals surface area contributed by atoms with Gasteiger partial charge in [-0.3, -0.25) is 4.79 Å². The minimum Gasteiger partial charge on any atom is -0.491 e. The van der Waals surface area contributed by atoms with E-state index in [1.807, 2.05) is 13.8 Å². The molecule has 0 aliphatic heterocycles. The summed E-state index contributed by atoms with van der Waals surface area (Å²) < 4.78 is 5.51. The zero-order valence-corrected chi connectivity index (χ0v) is 13.8. The van der Waals surface area contributed by atoms with Gasteiger partial charge in [0.15, 0.2) is 0 Å². The van der Waals surface area contributed by atoms with Gasteiger partial charge in [-0.2, -0.15) is 0 Å². The first-order valence-corrected chi connectivity index (χ1v) is 7.95. The van der Waals surface area contributed by atoms with Crippen molar-refractivity contribution in [1.82, 2.24) is 10.6 Å². The van der Waals surface area contributed by atoms with Crippen LogP contribution in [0.5, 0.6) is 5.75 Å². The molecule has 1 unspecified atom stereocenters. The van der Waals surface area contributed by atoms with Crippen molar-refractivity contribution in [2.75, 3.05) is 19.7 Å². The fourth-order valence-electron chi connectivity index (χ4n) is 1.81. The standard InChI is InChI=1S/C17H28N2O3/c1-4-5-10-18-17(21)14-6-8-16(9-7-14)22-12-15(20)11-19-13(2)3/h6-9,13,15,19-20H,4-5,10-12H2,1-3H3,(H,18,21). The Hall–Kier alpha value is -1.59. The second-order valence-corrected chi connectivity index (χ2v) is 5.66. The van der Waals surface area contributed by atoms with Gasteiger partial charge in [-0.05, 0) is 30.7 Å². The lowest BCUT2D eigenvalue weighted by atomic mass is 10.2. The van der Waals surface area contributed by atoms with E-state index < -0.39 is 6.10 Å². The number of carbonyl (C=O) groups is 1. The largest absolute Gasteiger partial charge is 0.491 e. The smallest absolute Gasteiger partial charge is 0.251 e. The summed E-state index contributed by atoms with van der Waals surface area (Å²) in [5.74, 6) is 0.579. The van der Waals surface area contributed by atoms with Gasteiger partial charge in [0.05, 0.1) is 0 Å². The SMILES string of the molecule is CCCCNC(=O)c1ccc(OCC(O)CNC(C)C)cc1. The number of aliphatic hydroxyl groups excluding tert-OH is 1. The van der Waals surface area contributed by atoms with E-state index in [4.69, 9.17) is 4.74 Å². The first-order valence-electron chi connectivity index (χ1n) is 7.95. The molecule has 0 fully saturated rings. The second-order valence-electron chi connectivity index (χ2n) is 5.66. The first kappa shape index (κ1) is 18.5. The number of aliphatic hydroxyl groups is 1. The lowest BCUT2D eigenvalue weighted by Gasteiger charge is -2.15. The molecule has 124 valence electrons. The molecule has 1 amide bonds. The van der Waals surface area contributed by atoms with Gasteiger partial charge in [0.25, 0.3) is 5.91 Å². The van der Waals surface area contributed by atoms with E-state index >= 15 is 0 Å². The monoisotopic (exact) mass is 308 g/mol. The molecule has 0 saturated carbocycles. The van der Waals surface area contributed by atoms with E-state index in [0.29, 0.717) is 30.4 Å². The minimum atomic E-state index is -0.556. The van der Waals surface area contributed by atoms with Crippen LogP contribution in [0, 0.1) is 0 Å². The van der Waals surface area contributed by atoms with Crippen molar-refractivity contribution >= 4 is 5.91 Å². The Kier molecular flexibility index (Phi) is 8.55. The molecule has 0 saturated heterocycles. The molecule has 0 bridgehead atoms. The maximum atomic E-state index is 11.8. The van der Waals surface area contributed by atoms with Crippen molar-refractivity contribution in [3.8, 4) is 5.75 Å². The van der Waals surface area contributed by atoms with Crippen molar-refractivity contribution in [3.05, 3.63) is 29.8 Å². The van der Waals surface area contributed by atoms with Gasteiger partial charge < -0.3 is 20.5 Å².